The lowest BCUT2D eigenvalue weighted by molar-refractivity contribution is -0.165. The molecule has 0 aromatic heterocycles. The maximum absolute atomic E-state index is 6.69. The van der Waals surface area contributed by atoms with Gasteiger partial charge in [-0.1, -0.05) is 34.6 Å². The Morgan fingerprint density at radius 3 is 2.32 bits per heavy atom. The number of rotatable bonds is 3. The van der Waals surface area contributed by atoms with Crippen molar-refractivity contribution in [1.29, 1.82) is 0 Å². The lowest BCUT2D eigenvalue weighted by atomic mass is 9.77. The molecule has 0 radical (unpaired) electrons. The molecule has 2 rings (SSSR count). The molecule has 0 aromatic carbocycles. The molecule has 1 N–H and O–H groups in total. The van der Waals surface area contributed by atoms with Crippen LogP contribution < -0.4 is 5.32 Å². The molecule has 2 atom stereocenters. The monoisotopic (exact) mass is 267 g/mol. The van der Waals surface area contributed by atoms with Gasteiger partial charge in [-0.15, -0.1) is 0 Å². The Labute approximate surface area is 119 Å². The largest absolute Gasteiger partial charge is 0.369 e. The van der Waals surface area contributed by atoms with Crippen LogP contribution in [0.15, 0.2) is 0 Å². The summed E-state index contributed by atoms with van der Waals surface area (Å²) in [5.74, 6) is 2.26. The minimum atomic E-state index is 0.150. The summed E-state index contributed by atoms with van der Waals surface area (Å²) in [6, 6.07) is 0.535. The Balaban J connectivity index is 2.03. The highest BCUT2D eigenvalue weighted by Gasteiger charge is 2.43. The molecule has 2 fully saturated rings. The summed E-state index contributed by atoms with van der Waals surface area (Å²) in [6.45, 7) is 12.7. The average molecular weight is 267 g/mol. The zero-order chi connectivity index (χ0) is 14.0. The fourth-order valence-electron chi connectivity index (χ4n) is 3.78. The highest BCUT2D eigenvalue weighted by molar-refractivity contribution is 4.97. The van der Waals surface area contributed by atoms with E-state index < -0.39 is 0 Å². The van der Waals surface area contributed by atoms with Gasteiger partial charge in [0.15, 0.2) is 0 Å². The lowest BCUT2D eigenvalue weighted by Gasteiger charge is -2.50. The van der Waals surface area contributed by atoms with E-state index in [-0.39, 0.29) is 5.60 Å². The van der Waals surface area contributed by atoms with E-state index in [1.54, 1.807) is 0 Å². The quantitative estimate of drug-likeness (QED) is 0.834. The number of nitrogens with one attached hydrogen (secondary N) is 1. The third-order valence-corrected chi connectivity index (χ3v) is 5.07. The first kappa shape index (κ1) is 15.3. The molecule has 1 aliphatic heterocycles. The van der Waals surface area contributed by atoms with Crippen molar-refractivity contribution in [2.75, 3.05) is 6.54 Å². The average Bonchev–Trinajstić information content (AvgIpc) is 2.32. The first-order valence-corrected chi connectivity index (χ1v) is 8.33. The molecule has 112 valence electrons. The summed E-state index contributed by atoms with van der Waals surface area (Å²) in [5.41, 5.74) is 0.150. The second kappa shape index (κ2) is 6.13. The van der Waals surface area contributed by atoms with Gasteiger partial charge in [0.1, 0.15) is 0 Å². The van der Waals surface area contributed by atoms with E-state index in [4.69, 9.17) is 4.74 Å². The predicted molar refractivity (Wildman–Crippen MR) is 81.3 cm³/mol. The standard InChI is InChI=1S/C17H33NO/c1-12(2)10-15-16(13(3)4)18-11-17(19-15)8-6-14(5)7-9-17/h12-16,18H,6-11H2,1-5H3. The van der Waals surface area contributed by atoms with Crippen molar-refractivity contribution >= 4 is 0 Å². The molecule has 1 heterocycles. The van der Waals surface area contributed by atoms with Crippen molar-refractivity contribution in [3.63, 3.8) is 0 Å². The van der Waals surface area contributed by atoms with Crippen molar-refractivity contribution in [2.45, 2.75) is 84.5 Å². The molecule has 1 saturated heterocycles. The van der Waals surface area contributed by atoms with Crippen LogP contribution in [0.5, 0.6) is 0 Å². The van der Waals surface area contributed by atoms with Crippen LogP contribution >= 0.6 is 0 Å². The molecular formula is C17H33NO. The molecule has 19 heavy (non-hydrogen) atoms. The summed E-state index contributed by atoms with van der Waals surface area (Å²) in [5, 5.41) is 3.82. The van der Waals surface area contributed by atoms with Crippen LogP contribution in [-0.4, -0.2) is 24.3 Å². The Morgan fingerprint density at radius 1 is 1.16 bits per heavy atom. The van der Waals surface area contributed by atoms with Crippen LogP contribution in [0, 0.1) is 17.8 Å². The van der Waals surface area contributed by atoms with Crippen LogP contribution in [0.25, 0.3) is 0 Å². The highest BCUT2D eigenvalue weighted by Crippen LogP contribution is 2.39. The molecule has 2 unspecified atom stereocenters. The molecule has 1 aliphatic carbocycles. The van der Waals surface area contributed by atoms with Gasteiger partial charge < -0.3 is 10.1 Å². The van der Waals surface area contributed by atoms with Crippen molar-refractivity contribution in [3.05, 3.63) is 0 Å². The summed E-state index contributed by atoms with van der Waals surface area (Å²) >= 11 is 0. The maximum Gasteiger partial charge on any atom is 0.0811 e. The van der Waals surface area contributed by atoms with Crippen molar-refractivity contribution in [3.8, 4) is 0 Å². The highest BCUT2D eigenvalue weighted by atomic mass is 16.5. The maximum atomic E-state index is 6.69. The zero-order valence-electron chi connectivity index (χ0n) is 13.5. The number of ether oxygens (including phenoxy) is 1. The Hall–Kier alpha value is -0.0800. The van der Waals surface area contributed by atoms with Gasteiger partial charge in [0.05, 0.1) is 11.7 Å². The van der Waals surface area contributed by atoms with Gasteiger partial charge in [-0.3, -0.25) is 0 Å². The molecule has 0 bridgehead atoms. The zero-order valence-corrected chi connectivity index (χ0v) is 13.5. The predicted octanol–water partition coefficient (Wildman–Crippen LogP) is 3.99. The van der Waals surface area contributed by atoms with Gasteiger partial charge in [0.25, 0.3) is 0 Å². The summed E-state index contributed by atoms with van der Waals surface area (Å²) < 4.78 is 6.69. The van der Waals surface area contributed by atoms with Crippen LogP contribution in [-0.2, 0) is 4.74 Å². The second-order valence-electron chi connectivity index (χ2n) is 7.80. The normalized spacial score (nSPS) is 40.3. The Morgan fingerprint density at radius 2 is 1.79 bits per heavy atom. The van der Waals surface area contributed by atoms with E-state index in [1.165, 1.54) is 32.1 Å². The fraction of sp³-hybridized carbons (Fsp3) is 1.00. The van der Waals surface area contributed by atoms with Crippen molar-refractivity contribution in [2.24, 2.45) is 17.8 Å². The van der Waals surface area contributed by atoms with E-state index in [2.05, 4.69) is 39.9 Å². The van der Waals surface area contributed by atoms with Crippen molar-refractivity contribution < 1.29 is 4.74 Å². The molecule has 1 spiro atoms. The molecule has 0 amide bonds. The van der Waals surface area contributed by atoms with Gasteiger partial charge in [0, 0.05) is 12.6 Å². The first-order chi connectivity index (χ1) is 8.92. The van der Waals surface area contributed by atoms with E-state index in [1.807, 2.05) is 0 Å². The SMILES string of the molecule is CC(C)CC1OC2(CCC(C)CC2)CNC1C(C)C. The topological polar surface area (TPSA) is 21.3 Å². The number of hydrogen-bond acceptors (Lipinski definition) is 2. The molecule has 2 heteroatoms. The minimum Gasteiger partial charge on any atom is -0.369 e. The third kappa shape index (κ3) is 3.72. The Bertz CT molecular complexity index is 279. The van der Waals surface area contributed by atoms with E-state index in [0.717, 1.165) is 12.5 Å². The second-order valence-corrected chi connectivity index (χ2v) is 7.80. The Kier molecular flexibility index (Phi) is 4.94. The van der Waals surface area contributed by atoms with Crippen LogP contribution in [0.4, 0.5) is 0 Å². The number of hydrogen-bond donors (Lipinski definition) is 1. The van der Waals surface area contributed by atoms with E-state index in [9.17, 15) is 0 Å². The van der Waals surface area contributed by atoms with Crippen LogP contribution in [0.2, 0.25) is 0 Å². The van der Waals surface area contributed by atoms with Gasteiger partial charge >= 0.3 is 0 Å². The molecule has 2 nitrogen and oxygen atoms in total. The summed E-state index contributed by atoms with van der Waals surface area (Å²) in [6.07, 6.45) is 6.77. The van der Waals surface area contributed by atoms with Crippen LogP contribution in [0.1, 0.15) is 66.7 Å². The van der Waals surface area contributed by atoms with Gasteiger partial charge in [-0.2, -0.15) is 0 Å². The van der Waals surface area contributed by atoms with E-state index >= 15 is 0 Å². The van der Waals surface area contributed by atoms with Crippen LogP contribution in [0.3, 0.4) is 0 Å². The van der Waals surface area contributed by atoms with Gasteiger partial charge in [-0.05, 0) is 49.9 Å². The third-order valence-electron chi connectivity index (χ3n) is 5.07. The molecule has 1 saturated carbocycles. The first-order valence-electron chi connectivity index (χ1n) is 8.33. The van der Waals surface area contributed by atoms with E-state index in [0.29, 0.717) is 24.0 Å². The molecule has 0 aromatic rings. The number of morpholine rings is 1. The van der Waals surface area contributed by atoms with Crippen molar-refractivity contribution in [1.82, 2.24) is 5.32 Å². The smallest absolute Gasteiger partial charge is 0.0811 e. The summed E-state index contributed by atoms with van der Waals surface area (Å²) in [7, 11) is 0. The minimum absolute atomic E-state index is 0.150. The molecular weight excluding hydrogens is 234 g/mol. The fourth-order valence-corrected chi connectivity index (χ4v) is 3.78. The lowest BCUT2D eigenvalue weighted by Crippen LogP contribution is -2.61. The molecule has 2 aliphatic rings. The van der Waals surface area contributed by atoms with Gasteiger partial charge in [-0.25, -0.2) is 0 Å². The van der Waals surface area contributed by atoms with Gasteiger partial charge in [0.2, 0.25) is 0 Å². The summed E-state index contributed by atoms with van der Waals surface area (Å²) in [4.78, 5) is 0.